The number of nitrogens with one attached hydrogen (secondary N) is 1. The minimum atomic E-state index is -4.51. The molecule has 1 aliphatic carbocycles. The fraction of sp³-hybridized carbons (Fsp3) is 0.176. The van der Waals surface area contributed by atoms with Crippen molar-refractivity contribution in [2.75, 3.05) is 7.11 Å². The second-order valence-corrected chi connectivity index (χ2v) is 6.71. The number of pyridine rings is 2. The van der Waals surface area contributed by atoms with Crippen molar-refractivity contribution in [3.63, 3.8) is 0 Å². The van der Waals surface area contributed by atoms with Crippen LogP contribution in [0, 0.1) is 0 Å². The number of ether oxygens (including phenoxy) is 1. The molecule has 0 unspecified atom stereocenters. The van der Waals surface area contributed by atoms with Crippen LogP contribution in [-0.4, -0.2) is 17.1 Å². The molecule has 3 rings (SSSR count). The third-order valence-corrected chi connectivity index (χ3v) is 4.86. The molecule has 0 saturated carbocycles. The van der Waals surface area contributed by atoms with Crippen LogP contribution in [0.5, 0.6) is 5.88 Å². The molecule has 9 heteroatoms. The standard InChI is InChI=1S/C17H11BrClF3N2O2/c1-26-16-9(6-8-2-5-12(23-7-8)17(20,21)22)14(19)13-11(24-16)4-3-10(18)15(13)25/h2-5,7,24H,6H2,1H3. The van der Waals surface area contributed by atoms with Gasteiger partial charge < -0.3 is 9.72 Å². The zero-order valence-corrected chi connectivity index (χ0v) is 15.6. The molecule has 0 saturated heterocycles. The van der Waals surface area contributed by atoms with E-state index in [9.17, 15) is 18.0 Å². The number of alkyl halides is 3. The van der Waals surface area contributed by atoms with Gasteiger partial charge >= 0.3 is 6.18 Å². The molecular formula is C17H11BrClF3N2O2. The molecule has 136 valence electrons. The monoisotopic (exact) mass is 446 g/mol. The van der Waals surface area contributed by atoms with Crippen LogP contribution in [0.25, 0.3) is 11.3 Å². The van der Waals surface area contributed by atoms with Crippen LogP contribution in [0.1, 0.15) is 16.8 Å². The van der Waals surface area contributed by atoms with Gasteiger partial charge in [0.05, 0.1) is 27.9 Å². The van der Waals surface area contributed by atoms with Crippen molar-refractivity contribution in [1.29, 1.82) is 0 Å². The Morgan fingerprint density at radius 2 is 2.00 bits per heavy atom. The summed E-state index contributed by atoms with van der Waals surface area (Å²) in [5, 5.41) is 0.182. The van der Waals surface area contributed by atoms with Crippen molar-refractivity contribution < 1.29 is 17.9 Å². The van der Waals surface area contributed by atoms with E-state index in [0.29, 0.717) is 27.2 Å². The minimum absolute atomic E-state index is 0.144. The number of fused-ring (bicyclic) bond motifs is 1. The molecule has 1 aromatic rings. The Bertz CT molecular complexity index is 987. The summed E-state index contributed by atoms with van der Waals surface area (Å²) in [7, 11) is 1.43. The summed E-state index contributed by atoms with van der Waals surface area (Å²) >= 11 is 9.61. The van der Waals surface area contributed by atoms with Crippen molar-refractivity contribution >= 4 is 27.5 Å². The highest BCUT2D eigenvalue weighted by molar-refractivity contribution is 9.10. The molecule has 0 bridgehead atoms. The van der Waals surface area contributed by atoms with Crippen LogP contribution in [-0.2, 0) is 12.6 Å². The fourth-order valence-corrected chi connectivity index (χ4v) is 3.23. The predicted molar refractivity (Wildman–Crippen MR) is 95.0 cm³/mol. The maximum absolute atomic E-state index is 12.6. The van der Waals surface area contributed by atoms with Gasteiger partial charge in [-0.3, -0.25) is 9.78 Å². The van der Waals surface area contributed by atoms with Gasteiger partial charge in [0.25, 0.3) is 0 Å². The summed E-state index contributed by atoms with van der Waals surface area (Å²) in [6, 6.07) is 5.49. The Hall–Kier alpha value is -2.06. The lowest BCUT2D eigenvalue weighted by Gasteiger charge is -2.17. The third kappa shape index (κ3) is 3.43. The first-order chi connectivity index (χ1) is 12.2. The minimum Gasteiger partial charge on any atom is -0.482 e. The average Bonchev–Trinajstić information content (AvgIpc) is 2.59. The molecule has 0 aromatic carbocycles. The van der Waals surface area contributed by atoms with Crippen molar-refractivity contribution in [1.82, 2.24) is 9.97 Å². The van der Waals surface area contributed by atoms with Crippen LogP contribution in [0.4, 0.5) is 13.2 Å². The van der Waals surface area contributed by atoms with E-state index in [-0.39, 0.29) is 22.4 Å². The van der Waals surface area contributed by atoms with Gasteiger partial charge in [0.1, 0.15) is 5.69 Å². The molecule has 0 fully saturated rings. The van der Waals surface area contributed by atoms with Gasteiger partial charge in [-0.2, -0.15) is 13.2 Å². The Morgan fingerprint density at radius 3 is 2.58 bits per heavy atom. The number of halogens is 5. The molecule has 26 heavy (non-hydrogen) atoms. The summed E-state index contributed by atoms with van der Waals surface area (Å²) in [4.78, 5) is 18.8. The van der Waals surface area contributed by atoms with Crippen molar-refractivity contribution in [3.8, 4) is 17.1 Å². The normalized spacial score (nSPS) is 11.8. The maximum Gasteiger partial charge on any atom is 0.433 e. The molecule has 1 aromatic heterocycles. The highest BCUT2D eigenvalue weighted by Gasteiger charge is 2.32. The molecule has 4 nitrogen and oxygen atoms in total. The second-order valence-electron chi connectivity index (χ2n) is 5.48. The lowest BCUT2D eigenvalue weighted by Crippen LogP contribution is -2.12. The number of benzene rings is 1. The lowest BCUT2D eigenvalue weighted by atomic mass is 10.0. The van der Waals surface area contributed by atoms with Crippen LogP contribution in [0.3, 0.4) is 0 Å². The topological polar surface area (TPSA) is 55.0 Å². The maximum atomic E-state index is 12.6. The molecule has 0 atom stereocenters. The largest absolute Gasteiger partial charge is 0.482 e. The fourth-order valence-electron chi connectivity index (χ4n) is 2.56. The molecule has 0 radical (unpaired) electrons. The first-order valence-electron chi connectivity index (χ1n) is 7.31. The summed E-state index contributed by atoms with van der Waals surface area (Å²) in [6.07, 6.45) is -3.23. The van der Waals surface area contributed by atoms with Crippen molar-refractivity contribution in [2.45, 2.75) is 12.6 Å². The number of hydrogen-bond donors (Lipinski definition) is 1. The van der Waals surface area contributed by atoms with Gasteiger partial charge in [-0.05, 0) is 39.7 Å². The Kier molecular flexibility index (Phi) is 4.98. The number of aromatic nitrogens is 2. The van der Waals surface area contributed by atoms with E-state index in [2.05, 4.69) is 25.9 Å². The average molecular weight is 448 g/mol. The number of aromatic amines is 1. The van der Waals surface area contributed by atoms with E-state index in [1.54, 1.807) is 12.1 Å². The second kappa shape index (κ2) is 6.92. The first-order valence-corrected chi connectivity index (χ1v) is 8.48. The summed E-state index contributed by atoms with van der Waals surface area (Å²) < 4.78 is 43.6. The SMILES string of the molecule is COc1[nH]c2ccc(Br)c(=O)c-2c(Cl)c1Cc1ccc(C(F)(F)F)nc1. The van der Waals surface area contributed by atoms with Crippen LogP contribution in [0.2, 0.25) is 5.02 Å². The zero-order chi connectivity index (χ0) is 19.1. The van der Waals surface area contributed by atoms with Crippen LogP contribution < -0.4 is 10.2 Å². The molecule has 2 aliphatic rings. The van der Waals surface area contributed by atoms with Crippen molar-refractivity contribution in [3.05, 3.63) is 67.0 Å². The van der Waals surface area contributed by atoms with E-state index in [0.717, 1.165) is 12.3 Å². The number of rotatable bonds is 3. The van der Waals surface area contributed by atoms with Gasteiger partial charge in [-0.1, -0.05) is 17.7 Å². The van der Waals surface area contributed by atoms with Gasteiger partial charge in [-0.15, -0.1) is 0 Å². The zero-order valence-electron chi connectivity index (χ0n) is 13.2. The van der Waals surface area contributed by atoms with Gasteiger partial charge in [-0.25, -0.2) is 0 Å². The van der Waals surface area contributed by atoms with Gasteiger partial charge in [0.2, 0.25) is 5.43 Å². The molecule has 1 N–H and O–H groups in total. The van der Waals surface area contributed by atoms with Gasteiger partial charge in [0.15, 0.2) is 5.88 Å². The Labute approximate surface area is 159 Å². The number of H-pyrrole nitrogens is 1. The lowest BCUT2D eigenvalue weighted by molar-refractivity contribution is -0.141. The van der Waals surface area contributed by atoms with E-state index >= 15 is 0 Å². The van der Waals surface area contributed by atoms with E-state index in [1.165, 1.54) is 13.2 Å². The quantitative estimate of drug-likeness (QED) is 0.621. The van der Waals surface area contributed by atoms with E-state index < -0.39 is 11.9 Å². The smallest absolute Gasteiger partial charge is 0.433 e. The summed E-state index contributed by atoms with van der Waals surface area (Å²) in [5.41, 5.74) is 0.450. The third-order valence-electron chi connectivity index (χ3n) is 3.82. The number of hydrogen-bond acceptors (Lipinski definition) is 3. The van der Waals surface area contributed by atoms with Crippen LogP contribution >= 0.6 is 27.5 Å². The summed E-state index contributed by atoms with van der Waals surface area (Å²) in [5.74, 6) is 0.323. The first kappa shape index (κ1) is 18.7. The summed E-state index contributed by atoms with van der Waals surface area (Å²) in [6.45, 7) is 0. The molecule has 2 heterocycles. The highest BCUT2D eigenvalue weighted by atomic mass is 79.9. The van der Waals surface area contributed by atoms with Crippen LogP contribution in [0.15, 0.2) is 39.7 Å². The number of nitrogens with zero attached hydrogens (tertiary/aromatic N) is 1. The molecule has 0 spiro atoms. The molecular weight excluding hydrogens is 437 g/mol. The van der Waals surface area contributed by atoms with Gasteiger partial charge in [0, 0.05) is 18.2 Å². The Morgan fingerprint density at radius 1 is 1.27 bits per heavy atom. The number of methoxy groups -OCH3 is 1. The van der Waals surface area contributed by atoms with E-state index in [4.69, 9.17) is 16.3 Å². The van der Waals surface area contributed by atoms with Crippen molar-refractivity contribution in [2.24, 2.45) is 0 Å². The predicted octanol–water partition coefficient (Wildman–Crippen LogP) is 4.91. The van der Waals surface area contributed by atoms with E-state index in [1.807, 2.05) is 0 Å². The highest BCUT2D eigenvalue weighted by Crippen LogP contribution is 2.36. The Balaban J connectivity index is 2.10. The molecule has 0 amide bonds. The molecule has 1 aliphatic heterocycles.